The minimum atomic E-state index is -0.372. The minimum absolute atomic E-state index is 0.0577. The lowest BCUT2D eigenvalue weighted by molar-refractivity contribution is -0.115. The number of carbonyl (C=O) groups excluding carboxylic acids is 2. The maximum absolute atomic E-state index is 12.4. The van der Waals surface area contributed by atoms with E-state index in [4.69, 9.17) is 4.74 Å². The number of hydrogen-bond acceptors (Lipinski definition) is 6. The Bertz CT molecular complexity index is 1210. The second-order valence-electron chi connectivity index (χ2n) is 6.92. The van der Waals surface area contributed by atoms with Crippen LogP contribution in [-0.4, -0.2) is 16.9 Å². The van der Waals surface area contributed by atoms with Gasteiger partial charge in [0.15, 0.2) is 5.13 Å². The molecule has 0 saturated carbocycles. The fraction of sp³-hybridized carbons (Fsp3) is 0.174. The van der Waals surface area contributed by atoms with Crippen molar-refractivity contribution in [1.82, 2.24) is 4.98 Å². The van der Waals surface area contributed by atoms with Crippen LogP contribution in [0.5, 0.6) is 0 Å². The van der Waals surface area contributed by atoms with Gasteiger partial charge in [-0.2, -0.15) is 0 Å². The minimum Gasteiger partial charge on any atom is -0.455 e. The summed E-state index contributed by atoms with van der Waals surface area (Å²) in [6.07, 6.45) is 0. The van der Waals surface area contributed by atoms with Crippen LogP contribution in [-0.2, 0) is 16.1 Å². The first-order chi connectivity index (χ1) is 14.4. The van der Waals surface area contributed by atoms with Crippen LogP contribution in [0.25, 0.3) is 10.1 Å². The predicted molar refractivity (Wildman–Crippen MR) is 122 cm³/mol. The molecule has 152 valence electrons. The van der Waals surface area contributed by atoms with E-state index in [-0.39, 0.29) is 18.5 Å². The zero-order valence-electron chi connectivity index (χ0n) is 16.8. The van der Waals surface area contributed by atoms with E-state index in [0.29, 0.717) is 15.7 Å². The molecule has 0 aliphatic heterocycles. The summed E-state index contributed by atoms with van der Waals surface area (Å²) in [5, 5.41) is 3.40. The number of carbonyl (C=O) groups is 2. The number of rotatable bonds is 5. The lowest BCUT2D eigenvalue weighted by Crippen LogP contribution is -2.23. The standard InChI is InChI=1S/C23H20N2O3S2/c1-14-7-6-9-19(15(14)2)25(16(3)26)23-24-18(13-29-23)12-28-22(27)21-11-17-8-4-5-10-20(17)30-21/h4-11,13H,12H2,1-3H3. The van der Waals surface area contributed by atoms with Crippen molar-refractivity contribution in [3.63, 3.8) is 0 Å². The van der Waals surface area contributed by atoms with E-state index < -0.39 is 0 Å². The molecule has 4 aromatic rings. The quantitative estimate of drug-likeness (QED) is 0.359. The highest BCUT2D eigenvalue weighted by molar-refractivity contribution is 7.20. The van der Waals surface area contributed by atoms with Gasteiger partial charge in [0.25, 0.3) is 0 Å². The summed E-state index contributed by atoms with van der Waals surface area (Å²) in [4.78, 5) is 31.5. The molecule has 4 rings (SSSR count). The molecule has 0 atom stereocenters. The molecule has 1 amide bonds. The number of aryl methyl sites for hydroxylation is 1. The molecule has 7 heteroatoms. The molecule has 2 aromatic carbocycles. The molecule has 0 radical (unpaired) electrons. The molecule has 0 bridgehead atoms. The summed E-state index contributed by atoms with van der Waals surface area (Å²) < 4.78 is 6.51. The van der Waals surface area contributed by atoms with Crippen molar-refractivity contribution in [2.45, 2.75) is 27.4 Å². The second kappa shape index (κ2) is 8.38. The number of nitrogens with zero attached hydrogens (tertiary/aromatic N) is 2. The first kappa shape index (κ1) is 20.3. The third kappa shape index (κ3) is 3.99. The molecular formula is C23H20N2O3S2. The van der Waals surface area contributed by atoms with Gasteiger partial charge in [-0.05, 0) is 48.6 Å². The number of ether oxygens (including phenoxy) is 1. The van der Waals surface area contributed by atoms with Crippen LogP contribution < -0.4 is 4.90 Å². The third-order valence-corrected chi connectivity index (χ3v) is 6.81. The van der Waals surface area contributed by atoms with Crippen molar-refractivity contribution >= 4 is 55.5 Å². The van der Waals surface area contributed by atoms with Crippen molar-refractivity contribution in [3.8, 4) is 0 Å². The van der Waals surface area contributed by atoms with Crippen LogP contribution in [0.1, 0.15) is 33.4 Å². The first-order valence-corrected chi connectivity index (χ1v) is 11.1. The SMILES string of the molecule is CC(=O)N(c1nc(COC(=O)c2cc3ccccc3s2)cs1)c1cccc(C)c1C. The number of esters is 1. The Kier molecular flexibility index (Phi) is 5.65. The number of hydrogen-bond donors (Lipinski definition) is 0. The molecule has 0 saturated heterocycles. The lowest BCUT2D eigenvalue weighted by atomic mass is 10.1. The van der Waals surface area contributed by atoms with Gasteiger partial charge in [-0.1, -0.05) is 30.3 Å². The Morgan fingerprint density at radius 2 is 1.90 bits per heavy atom. The highest BCUT2D eigenvalue weighted by atomic mass is 32.1. The molecular weight excluding hydrogens is 416 g/mol. The number of fused-ring (bicyclic) bond motifs is 1. The Hall–Kier alpha value is -3.03. The van der Waals surface area contributed by atoms with Crippen molar-refractivity contribution < 1.29 is 14.3 Å². The van der Waals surface area contributed by atoms with Gasteiger partial charge >= 0.3 is 5.97 Å². The van der Waals surface area contributed by atoms with Gasteiger partial charge in [-0.25, -0.2) is 9.78 Å². The number of thiazole rings is 1. The van der Waals surface area contributed by atoms with Crippen molar-refractivity contribution in [1.29, 1.82) is 0 Å². The number of benzene rings is 2. The maximum Gasteiger partial charge on any atom is 0.348 e. The van der Waals surface area contributed by atoms with Crippen LogP contribution in [0.4, 0.5) is 10.8 Å². The van der Waals surface area contributed by atoms with Crippen LogP contribution >= 0.6 is 22.7 Å². The Morgan fingerprint density at radius 1 is 1.10 bits per heavy atom. The van der Waals surface area contributed by atoms with E-state index >= 15 is 0 Å². The fourth-order valence-electron chi connectivity index (χ4n) is 3.14. The normalized spacial score (nSPS) is 10.9. The van der Waals surface area contributed by atoms with E-state index in [1.54, 1.807) is 4.90 Å². The van der Waals surface area contributed by atoms with Crippen LogP contribution in [0.15, 0.2) is 53.9 Å². The zero-order chi connectivity index (χ0) is 21.3. The van der Waals surface area contributed by atoms with Crippen molar-refractivity contribution in [2.24, 2.45) is 0 Å². The molecule has 0 aliphatic carbocycles. The van der Waals surface area contributed by atoms with Gasteiger partial charge in [0.05, 0.1) is 11.4 Å². The lowest BCUT2D eigenvalue weighted by Gasteiger charge is -2.21. The molecule has 2 aromatic heterocycles. The molecule has 0 spiro atoms. The average molecular weight is 437 g/mol. The monoisotopic (exact) mass is 436 g/mol. The van der Waals surface area contributed by atoms with Crippen molar-refractivity contribution in [3.05, 3.63) is 75.6 Å². The summed E-state index contributed by atoms with van der Waals surface area (Å²) in [5.74, 6) is -0.490. The highest BCUT2D eigenvalue weighted by Gasteiger charge is 2.21. The predicted octanol–water partition coefficient (Wildman–Crippen LogP) is 6.02. The molecule has 0 fully saturated rings. The highest BCUT2D eigenvalue weighted by Crippen LogP contribution is 2.33. The number of anilines is 2. The van der Waals surface area contributed by atoms with E-state index in [0.717, 1.165) is 26.9 Å². The van der Waals surface area contributed by atoms with E-state index in [2.05, 4.69) is 4.98 Å². The average Bonchev–Trinajstić information content (AvgIpc) is 3.36. The molecule has 2 heterocycles. The van der Waals surface area contributed by atoms with E-state index in [9.17, 15) is 9.59 Å². The third-order valence-electron chi connectivity index (χ3n) is 4.84. The Morgan fingerprint density at radius 3 is 2.67 bits per heavy atom. The molecule has 5 nitrogen and oxygen atoms in total. The largest absolute Gasteiger partial charge is 0.455 e. The maximum atomic E-state index is 12.4. The van der Waals surface area contributed by atoms with Gasteiger partial charge in [-0.3, -0.25) is 9.69 Å². The summed E-state index contributed by atoms with van der Waals surface area (Å²) in [7, 11) is 0. The van der Waals surface area contributed by atoms with Crippen molar-refractivity contribution in [2.75, 3.05) is 4.90 Å². The van der Waals surface area contributed by atoms with Gasteiger partial charge in [0.1, 0.15) is 11.5 Å². The summed E-state index contributed by atoms with van der Waals surface area (Å²) in [6.45, 7) is 5.58. The van der Waals surface area contributed by atoms with Gasteiger partial charge < -0.3 is 4.74 Å². The fourth-order valence-corrected chi connectivity index (χ4v) is 4.96. The summed E-state index contributed by atoms with van der Waals surface area (Å²) in [5.41, 5.74) is 3.56. The smallest absolute Gasteiger partial charge is 0.348 e. The molecule has 0 aliphatic rings. The molecule has 0 N–H and O–H groups in total. The Labute approximate surface area is 182 Å². The van der Waals surface area contributed by atoms with Crippen LogP contribution in [0, 0.1) is 13.8 Å². The topological polar surface area (TPSA) is 59.5 Å². The van der Waals surface area contributed by atoms with E-state index in [1.807, 2.05) is 67.8 Å². The second-order valence-corrected chi connectivity index (χ2v) is 8.84. The zero-order valence-corrected chi connectivity index (χ0v) is 18.5. The van der Waals surface area contributed by atoms with Crippen LogP contribution in [0.3, 0.4) is 0 Å². The van der Waals surface area contributed by atoms with Gasteiger partial charge in [-0.15, -0.1) is 22.7 Å². The first-order valence-electron chi connectivity index (χ1n) is 9.41. The molecule has 0 unspecified atom stereocenters. The van der Waals surface area contributed by atoms with Gasteiger partial charge in [0.2, 0.25) is 5.91 Å². The number of thiophene rings is 1. The summed E-state index contributed by atoms with van der Waals surface area (Å²) >= 11 is 2.76. The molecule has 30 heavy (non-hydrogen) atoms. The van der Waals surface area contributed by atoms with Crippen LogP contribution in [0.2, 0.25) is 0 Å². The summed E-state index contributed by atoms with van der Waals surface area (Å²) in [6, 6.07) is 15.5. The van der Waals surface area contributed by atoms with Gasteiger partial charge in [0, 0.05) is 17.0 Å². The number of aromatic nitrogens is 1. The Balaban J connectivity index is 1.50. The van der Waals surface area contributed by atoms with E-state index in [1.165, 1.54) is 29.6 Å². The number of amides is 1.